The van der Waals surface area contributed by atoms with E-state index in [4.69, 9.17) is 0 Å². The first-order valence-electron chi connectivity index (χ1n) is 3.98. The Morgan fingerprint density at radius 3 is 2.93 bits per heavy atom. The minimum absolute atomic E-state index is 0.0316. The van der Waals surface area contributed by atoms with E-state index in [1.165, 1.54) is 10.7 Å². The molecule has 5 heteroatoms. The highest BCUT2D eigenvalue weighted by molar-refractivity contribution is 7.13. The molecule has 0 saturated heterocycles. The summed E-state index contributed by atoms with van der Waals surface area (Å²) in [5.41, 5.74) is 0.759. The quantitative estimate of drug-likeness (QED) is 0.721. The van der Waals surface area contributed by atoms with Crippen molar-refractivity contribution in [2.45, 2.75) is 0 Å². The van der Waals surface area contributed by atoms with Gasteiger partial charge in [-0.3, -0.25) is 4.68 Å². The molecule has 0 unspecified atom stereocenters. The van der Waals surface area contributed by atoms with Gasteiger partial charge in [-0.25, -0.2) is 0 Å². The van der Waals surface area contributed by atoms with Crippen LogP contribution in [0.4, 0.5) is 0 Å². The van der Waals surface area contributed by atoms with Gasteiger partial charge < -0.3 is 9.90 Å². The van der Waals surface area contributed by atoms with Gasteiger partial charge in [0.2, 0.25) is 0 Å². The fourth-order valence-corrected chi connectivity index (χ4v) is 1.99. The predicted octanol–water partition coefficient (Wildman–Crippen LogP) is 0.512. The van der Waals surface area contributed by atoms with Crippen LogP contribution in [0, 0.1) is 0 Å². The Balaban J connectivity index is 2.50. The van der Waals surface area contributed by atoms with Crippen LogP contribution in [0.3, 0.4) is 0 Å². The molecule has 0 saturated carbocycles. The number of hydrogen-bond acceptors (Lipinski definition) is 4. The Morgan fingerprint density at radius 1 is 1.64 bits per heavy atom. The summed E-state index contributed by atoms with van der Waals surface area (Å²) >= 11 is 1.54. The maximum Gasteiger partial charge on any atom is 0.108 e. The highest BCUT2D eigenvalue weighted by Gasteiger charge is 2.08. The summed E-state index contributed by atoms with van der Waals surface area (Å²) in [7, 11) is 1.71. The number of nitrogens with zero attached hydrogens (tertiary/aromatic N) is 2. The zero-order valence-corrected chi connectivity index (χ0v) is 8.25. The Kier molecular flexibility index (Phi) is 2.09. The van der Waals surface area contributed by atoms with E-state index in [-0.39, 0.29) is 5.69 Å². The van der Waals surface area contributed by atoms with Gasteiger partial charge in [0.25, 0.3) is 0 Å². The van der Waals surface area contributed by atoms with Crippen molar-refractivity contribution in [3.8, 4) is 10.6 Å². The van der Waals surface area contributed by atoms with E-state index in [0.717, 1.165) is 10.6 Å². The minimum atomic E-state index is -1.25. The van der Waals surface area contributed by atoms with Crippen LogP contribution in [0.5, 0.6) is 0 Å². The number of carboxylic acids is 1. The first-order valence-corrected chi connectivity index (χ1v) is 4.85. The van der Waals surface area contributed by atoms with E-state index in [9.17, 15) is 9.90 Å². The van der Waals surface area contributed by atoms with Crippen molar-refractivity contribution >= 4 is 17.3 Å². The Labute approximate surface area is 84.4 Å². The van der Waals surface area contributed by atoms with Crippen LogP contribution in [0.2, 0.25) is 0 Å². The average molecular weight is 207 g/mol. The Hall–Kier alpha value is -1.62. The number of carbonyl (C=O) groups is 1. The molecule has 2 heterocycles. The lowest BCUT2D eigenvalue weighted by molar-refractivity contribution is -0.255. The number of aromatic nitrogens is 2. The van der Waals surface area contributed by atoms with Crippen molar-refractivity contribution in [2.24, 2.45) is 7.05 Å². The number of aromatic carboxylic acids is 1. The SMILES string of the molecule is Cn1nc(C(=O)[O-])cc1-c1cccs1. The molecule has 0 bridgehead atoms. The molecule has 0 atom stereocenters. The zero-order chi connectivity index (χ0) is 10.1. The maximum atomic E-state index is 10.6. The highest BCUT2D eigenvalue weighted by Crippen LogP contribution is 2.24. The summed E-state index contributed by atoms with van der Waals surface area (Å²) < 4.78 is 1.54. The molecule has 0 spiro atoms. The number of thiophene rings is 1. The first-order chi connectivity index (χ1) is 6.68. The third kappa shape index (κ3) is 1.42. The van der Waals surface area contributed by atoms with E-state index in [1.54, 1.807) is 18.4 Å². The van der Waals surface area contributed by atoms with E-state index in [2.05, 4.69) is 5.10 Å². The molecule has 14 heavy (non-hydrogen) atoms. The van der Waals surface area contributed by atoms with Gasteiger partial charge in [0.05, 0.1) is 16.5 Å². The van der Waals surface area contributed by atoms with Crippen molar-refractivity contribution in [3.63, 3.8) is 0 Å². The van der Waals surface area contributed by atoms with Gasteiger partial charge >= 0.3 is 0 Å². The van der Waals surface area contributed by atoms with Crippen LogP contribution in [0.15, 0.2) is 23.6 Å². The van der Waals surface area contributed by atoms with Crippen molar-refractivity contribution in [1.29, 1.82) is 0 Å². The standard InChI is InChI=1S/C9H8N2O2S/c1-11-7(8-3-2-4-14-8)5-6(10-11)9(12)13/h2-5H,1H3,(H,12,13)/p-1. The molecule has 0 fully saturated rings. The lowest BCUT2D eigenvalue weighted by Crippen LogP contribution is -2.22. The van der Waals surface area contributed by atoms with Crippen LogP contribution in [0.1, 0.15) is 10.5 Å². The second kappa shape index (κ2) is 3.26. The molecule has 2 rings (SSSR count). The van der Waals surface area contributed by atoms with E-state index >= 15 is 0 Å². The van der Waals surface area contributed by atoms with Gasteiger partial charge in [-0.2, -0.15) is 5.10 Å². The number of aryl methyl sites for hydroxylation is 1. The second-order valence-electron chi connectivity index (χ2n) is 2.80. The Bertz CT molecular complexity index is 459. The maximum absolute atomic E-state index is 10.6. The molecule has 0 aromatic carbocycles. The fourth-order valence-electron chi connectivity index (χ4n) is 1.22. The summed E-state index contributed by atoms with van der Waals surface area (Å²) in [4.78, 5) is 11.5. The zero-order valence-electron chi connectivity index (χ0n) is 7.43. The van der Waals surface area contributed by atoms with E-state index in [1.807, 2.05) is 17.5 Å². The molecule has 2 aromatic heterocycles. The molecule has 4 nitrogen and oxygen atoms in total. The van der Waals surface area contributed by atoms with Gasteiger partial charge in [0, 0.05) is 7.05 Å². The van der Waals surface area contributed by atoms with Crippen LogP contribution >= 0.6 is 11.3 Å². The third-order valence-electron chi connectivity index (χ3n) is 1.86. The van der Waals surface area contributed by atoms with Gasteiger partial charge in [0.1, 0.15) is 5.69 Å². The summed E-state index contributed by atoms with van der Waals surface area (Å²) in [5, 5.41) is 16.3. The van der Waals surface area contributed by atoms with Gasteiger partial charge in [-0.05, 0) is 17.5 Å². The van der Waals surface area contributed by atoms with Gasteiger partial charge in [-0.15, -0.1) is 11.3 Å². The molecule has 0 aliphatic carbocycles. The van der Waals surface area contributed by atoms with Crippen LogP contribution in [-0.2, 0) is 7.05 Å². The van der Waals surface area contributed by atoms with Crippen molar-refractivity contribution in [3.05, 3.63) is 29.3 Å². The van der Waals surface area contributed by atoms with Crippen LogP contribution < -0.4 is 5.11 Å². The predicted molar refractivity (Wildman–Crippen MR) is 50.9 cm³/mol. The number of carbonyl (C=O) groups excluding carboxylic acids is 1. The molecule has 2 aromatic rings. The normalized spacial score (nSPS) is 10.4. The largest absolute Gasteiger partial charge is 0.543 e. The average Bonchev–Trinajstić information content (AvgIpc) is 2.71. The third-order valence-corrected chi connectivity index (χ3v) is 2.75. The van der Waals surface area contributed by atoms with Crippen LogP contribution in [0.25, 0.3) is 10.6 Å². The lowest BCUT2D eigenvalue weighted by atomic mass is 10.3. The molecule has 0 amide bonds. The molecule has 72 valence electrons. The lowest BCUT2D eigenvalue weighted by Gasteiger charge is -1.95. The second-order valence-corrected chi connectivity index (χ2v) is 3.75. The minimum Gasteiger partial charge on any atom is -0.543 e. The molecule has 0 aliphatic heterocycles. The summed E-state index contributed by atoms with van der Waals surface area (Å²) in [5.74, 6) is -1.25. The topological polar surface area (TPSA) is 58.0 Å². The molecule has 0 N–H and O–H groups in total. The summed E-state index contributed by atoms with van der Waals surface area (Å²) in [6.45, 7) is 0. The van der Waals surface area contributed by atoms with Crippen molar-refractivity contribution < 1.29 is 9.90 Å². The number of rotatable bonds is 2. The molecule has 0 aliphatic rings. The smallest absolute Gasteiger partial charge is 0.108 e. The molecular formula is C9H7N2O2S-. The summed E-state index contributed by atoms with van der Waals surface area (Å²) in [6.07, 6.45) is 0. The molecular weight excluding hydrogens is 200 g/mol. The first kappa shape index (κ1) is 8.96. The van der Waals surface area contributed by atoms with E-state index < -0.39 is 5.97 Å². The van der Waals surface area contributed by atoms with Gasteiger partial charge in [0.15, 0.2) is 0 Å². The fraction of sp³-hybridized carbons (Fsp3) is 0.111. The van der Waals surface area contributed by atoms with E-state index in [0.29, 0.717) is 0 Å². The summed E-state index contributed by atoms with van der Waals surface area (Å²) in [6, 6.07) is 5.34. The van der Waals surface area contributed by atoms with Gasteiger partial charge in [-0.1, -0.05) is 6.07 Å². The number of hydrogen-bond donors (Lipinski definition) is 0. The molecule has 0 radical (unpaired) electrons. The Morgan fingerprint density at radius 2 is 2.43 bits per heavy atom. The highest BCUT2D eigenvalue weighted by atomic mass is 32.1. The van der Waals surface area contributed by atoms with Crippen molar-refractivity contribution in [2.75, 3.05) is 0 Å². The number of carboxylic acid groups (broad SMARTS) is 1. The van der Waals surface area contributed by atoms with Crippen LogP contribution in [-0.4, -0.2) is 15.7 Å². The monoisotopic (exact) mass is 207 g/mol. The van der Waals surface area contributed by atoms with Crippen molar-refractivity contribution in [1.82, 2.24) is 9.78 Å².